The highest BCUT2D eigenvalue weighted by Crippen LogP contribution is 2.27. The number of carbonyl (C=O) groups is 1. The summed E-state index contributed by atoms with van der Waals surface area (Å²) in [5.74, 6) is 0.882. The predicted molar refractivity (Wildman–Crippen MR) is 112 cm³/mol. The summed E-state index contributed by atoms with van der Waals surface area (Å²) in [5, 5.41) is 8.39. The van der Waals surface area contributed by atoms with Gasteiger partial charge in [-0.25, -0.2) is 9.48 Å². The maximum atomic E-state index is 12.3. The van der Waals surface area contributed by atoms with Crippen molar-refractivity contribution in [1.82, 2.24) is 19.9 Å². The molecule has 1 atom stereocenters. The van der Waals surface area contributed by atoms with Gasteiger partial charge in [0, 0.05) is 25.7 Å². The van der Waals surface area contributed by atoms with Gasteiger partial charge >= 0.3 is 6.09 Å². The Labute approximate surface area is 173 Å². The first-order valence-corrected chi connectivity index (χ1v) is 10.5. The van der Waals surface area contributed by atoms with Crippen LogP contribution in [0.2, 0.25) is 0 Å². The second-order valence-corrected chi connectivity index (χ2v) is 7.83. The van der Waals surface area contributed by atoms with Crippen molar-refractivity contribution in [3.05, 3.63) is 30.0 Å². The van der Waals surface area contributed by atoms with E-state index in [1.807, 2.05) is 38.1 Å². The number of hydrogen-bond acceptors (Lipinski definition) is 5. The standard InChI is InChI=1S/C22H32N4O3/c1-5-16(2)25(3)22(27)28-15-20-21(23-24-26(20)4)17-11-13-19(14-12-17)29-18-9-7-6-8-10-18/h11-14,16,18H,5-10,15H2,1-4H3. The zero-order valence-electron chi connectivity index (χ0n) is 17.9. The Balaban J connectivity index is 1.66. The molecule has 1 saturated carbocycles. The molecule has 0 N–H and O–H groups in total. The molecule has 1 fully saturated rings. The minimum Gasteiger partial charge on any atom is -0.490 e. The first kappa shape index (κ1) is 21.1. The fraction of sp³-hybridized carbons (Fsp3) is 0.591. The lowest BCUT2D eigenvalue weighted by atomic mass is 9.98. The van der Waals surface area contributed by atoms with Gasteiger partial charge in [-0.2, -0.15) is 0 Å². The van der Waals surface area contributed by atoms with Crippen LogP contribution in [0.1, 0.15) is 58.1 Å². The van der Waals surface area contributed by atoms with E-state index in [2.05, 4.69) is 10.3 Å². The third-order valence-corrected chi connectivity index (χ3v) is 5.80. The van der Waals surface area contributed by atoms with E-state index in [4.69, 9.17) is 9.47 Å². The van der Waals surface area contributed by atoms with Crippen LogP contribution in [0.5, 0.6) is 5.75 Å². The fourth-order valence-electron chi connectivity index (χ4n) is 3.52. The maximum absolute atomic E-state index is 12.3. The molecular formula is C22H32N4O3. The van der Waals surface area contributed by atoms with Gasteiger partial charge in [0.1, 0.15) is 23.7 Å². The molecule has 1 unspecified atom stereocenters. The molecule has 2 aromatic rings. The van der Waals surface area contributed by atoms with Gasteiger partial charge in [0.05, 0.1) is 6.10 Å². The third-order valence-electron chi connectivity index (χ3n) is 5.80. The minimum atomic E-state index is -0.345. The van der Waals surface area contributed by atoms with E-state index in [0.29, 0.717) is 6.10 Å². The predicted octanol–water partition coefficient (Wildman–Crippen LogP) is 4.56. The smallest absolute Gasteiger partial charge is 0.410 e. The summed E-state index contributed by atoms with van der Waals surface area (Å²) in [7, 11) is 3.56. The van der Waals surface area contributed by atoms with E-state index in [1.54, 1.807) is 23.7 Å². The van der Waals surface area contributed by atoms with E-state index in [9.17, 15) is 4.79 Å². The lowest BCUT2D eigenvalue weighted by Gasteiger charge is -2.23. The van der Waals surface area contributed by atoms with E-state index >= 15 is 0 Å². The van der Waals surface area contributed by atoms with Crippen LogP contribution in [-0.2, 0) is 18.4 Å². The zero-order valence-corrected chi connectivity index (χ0v) is 17.9. The third kappa shape index (κ3) is 5.28. The molecule has 0 radical (unpaired) electrons. The van der Waals surface area contributed by atoms with Gasteiger partial charge in [-0.3, -0.25) is 0 Å². The monoisotopic (exact) mass is 400 g/mol. The first-order valence-electron chi connectivity index (χ1n) is 10.5. The fourth-order valence-corrected chi connectivity index (χ4v) is 3.52. The number of aryl methyl sites for hydroxylation is 1. The van der Waals surface area contributed by atoms with Gasteiger partial charge in [-0.1, -0.05) is 18.6 Å². The van der Waals surface area contributed by atoms with Crippen LogP contribution in [0.3, 0.4) is 0 Å². The van der Waals surface area contributed by atoms with Crippen molar-refractivity contribution in [2.24, 2.45) is 7.05 Å². The number of carbonyl (C=O) groups excluding carboxylic acids is 1. The van der Waals surface area contributed by atoms with Crippen LogP contribution >= 0.6 is 0 Å². The van der Waals surface area contributed by atoms with Gasteiger partial charge < -0.3 is 14.4 Å². The van der Waals surface area contributed by atoms with Crippen molar-refractivity contribution >= 4 is 6.09 Å². The maximum Gasteiger partial charge on any atom is 0.410 e. The number of nitrogens with zero attached hydrogens (tertiary/aromatic N) is 4. The van der Waals surface area contributed by atoms with Crippen molar-refractivity contribution in [3.63, 3.8) is 0 Å². The molecule has 1 aliphatic rings. The highest BCUT2D eigenvalue weighted by molar-refractivity contribution is 5.68. The number of hydrogen-bond donors (Lipinski definition) is 0. The molecule has 0 aliphatic heterocycles. The van der Waals surface area contributed by atoms with Crippen LogP contribution in [0.4, 0.5) is 4.79 Å². The summed E-state index contributed by atoms with van der Waals surface area (Å²) in [6.45, 7) is 4.16. The Kier molecular flexibility index (Phi) is 7.12. The lowest BCUT2D eigenvalue weighted by Crippen LogP contribution is -2.35. The quantitative estimate of drug-likeness (QED) is 0.681. The van der Waals surface area contributed by atoms with E-state index < -0.39 is 0 Å². The highest BCUT2D eigenvalue weighted by Gasteiger charge is 2.19. The molecule has 0 bridgehead atoms. The Morgan fingerprint density at radius 3 is 2.59 bits per heavy atom. The van der Waals surface area contributed by atoms with Gasteiger partial charge in [-0.15, -0.1) is 5.10 Å². The van der Waals surface area contributed by atoms with E-state index in [0.717, 1.165) is 42.0 Å². The van der Waals surface area contributed by atoms with Crippen molar-refractivity contribution in [3.8, 4) is 17.0 Å². The van der Waals surface area contributed by atoms with Gasteiger partial charge in [0.15, 0.2) is 0 Å². The molecule has 7 heteroatoms. The van der Waals surface area contributed by atoms with Crippen molar-refractivity contribution < 1.29 is 14.3 Å². The molecule has 0 saturated heterocycles. The number of amides is 1. The number of rotatable bonds is 7. The molecule has 158 valence electrons. The summed E-state index contributed by atoms with van der Waals surface area (Å²) < 4.78 is 13.3. The molecule has 1 heterocycles. The van der Waals surface area contributed by atoms with Crippen LogP contribution in [0, 0.1) is 0 Å². The highest BCUT2D eigenvalue weighted by atomic mass is 16.6. The Bertz CT molecular complexity index is 797. The summed E-state index contributed by atoms with van der Waals surface area (Å²) in [6, 6.07) is 8.05. The number of benzene rings is 1. The second-order valence-electron chi connectivity index (χ2n) is 7.83. The first-order chi connectivity index (χ1) is 14.0. The molecule has 1 aromatic carbocycles. The summed E-state index contributed by atoms with van der Waals surface area (Å²) in [4.78, 5) is 13.9. The Morgan fingerprint density at radius 2 is 1.93 bits per heavy atom. The van der Waals surface area contributed by atoms with Gasteiger partial charge in [-0.05, 0) is 63.3 Å². The molecule has 1 amide bonds. The second kappa shape index (κ2) is 9.76. The molecular weight excluding hydrogens is 368 g/mol. The molecule has 3 rings (SSSR count). The van der Waals surface area contributed by atoms with Crippen LogP contribution in [0.15, 0.2) is 24.3 Å². The molecule has 1 aliphatic carbocycles. The van der Waals surface area contributed by atoms with Gasteiger partial charge in [0.2, 0.25) is 0 Å². The average Bonchev–Trinajstić information content (AvgIpc) is 3.12. The number of aromatic nitrogens is 3. The topological polar surface area (TPSA) is 69.5 Å². The normalized spacial score (nSPS) is 15.7. The van der Waals surface area contributed by atoms with E-state index in [-0.39, 0.29) is 18.7 Å². The molecule has 0 spiro atoms. The van der Waals surface area contributed by atoms with E-state index in [1.165, 1.54) is 19.3 Å². The van der Waals surface area contributed by atoms with Crippen LogP contribution in [0.25, 0.3) is 11.3 Å². The minimum absolute atomic E-state index is 0.124. The van der Waals surface area contributed by atoms with Gasteiger partial charge in [0.25, 0.3) is 0 Å². The molecule has 1 aromatic heterocycles. The lowest BCUT2D eigenvalue weighted by molar-refractivity contribution is 0.0910. The summed E-state index contributed by atoms with van der Waals surface area (Å²) in [5.41, 5.74) is 2.41. The summed E-state index contributed by atoms with van der Waals surface area (Å²) >= 11 is 0. The summed E-state index contributed by atoms with van der Waals surface area (Å²) in [6.07, 6.45) is 6.92. The Hall–Kier alpha value is -2.57. The zero-order chi connectivity index (χ0) is 20.8. The average molecular weight is 401 g/mol. The van der Waals surface area contributed by atoms with Crippen molar-refractivity contribution in [1.29, 1.82) is 0 Å². The SMILES string of the molecule is CCC(C)N(C)C(=O)OCc1c(-c2ccc(OC3CCCCC3)cc2)nnn1C. The van der Waals surface area contributed by atoms with Crippen molar-refractivity contribution in [2.75, 3.05) is 7.05 Å². The molecule has 29 heavy (non-hydrogen) atoms. The molecule has 7 nitrogen and oxygen atoms in total. The van der Waals surface area contributed by atoms with Crippen LogP contribution in [-0.4, -0.2) is 45.2 Å². The Morgan fingerprint density at radius 1 is 1.24 bits per heavy atom. The number of ether oxygens (including phenoxy) is 2. The largest absolute Gasteiger partial charge is 0.490 e. The van der Waals surface area contributed by atoms with Crippen molar-refractivity contribution in [2.45, 2.75) is 71.1 Å². The van der Waals surface area contributed by atoms with Crippen LogP contribution < -0.4 is 4.74 Å².